The van der Waals surface area contributed by atoms with E-state index in [1.165, 1.54) is 0 Å². The van der Waals surface area contributed by atoms with Gasteiger partial charge < -0.3 is 4.79 Å². The lowest BCUT2D eigenvalue weighted by Crippen LogP contribution is -1.96. The molecule has 0 N–H and O–H groups in total. The van der Waals surface area contributed by atoms with Crippen LogP contribution in [0.5, 0.6) is 0 Å². The number of benzene rings is 1. The van der Waals surface area contributed by atoms with Crippen LogP contribution < -0.4 is 0 Å². The molecule has 1 rings (SSSR count). The molecule has 0 bridgehead atoms. The van der Waals surface area contributed by atoms with Gasteiger partial charge in [-0.05, 0) is 24.1 Å². The largest absolute Gasteiger partial charge is 0.307 e. The Morgan fingerprint density at radius 1 is 1.33 bits per heavy atom. The molecule has 1 aromatic rings. The van der Waals surface area contributed by atoms with E-state index in [1.54, 1.807) is 7.85 Å². The normalized spacial score (nSPS) is 11.2. The summed E-state index contributed by atoms with van der Waals surface area (Å²) in [4.78, 5) is 10.9. The lowest BCUT2D eigenvalue weighted by molar-refractivity contribution is -0.108. The predicted octanol–water partition coefficient (Wildman–Crippen LogP) is 1.25. The van der Waals surface area contributed by atoms with Crippen molar-refractivity contribution < 1.29 is 4.79 Å². The second-order valence-corrected chi connectivity index (χ2v) is 2.79. The van der Waals surface area contributed by atoms with Crippen LogP contribution in [0.2, 0.25) is 0 Å². The van der Waals surface area contributed by atoms with Crippen molar-refractivity contribution in [2.24, 2.45) is 0 Å². The minimum absolute atomic E-state index is 0.124. The maximum Gasteiger partial charge on any atom is 0.193 e. The lowest BCUT2D eigenvalue weighted by Gasteiger charge is -1.94. The Bertz CT molecular complexity index is 301. The summed E-state index contributed by atoms with van der Waals surface area (Å²) in [6.07, 6.45) is 1.89. The van der Waals surface area contributed by atoms with Gasteiger partial charge in [-0.15, -0.1) is 0 Å². The Hall–Kier alpha value is -1.31. The minimum atomic E-state index is 0.124. The van der Waals surface area contributed by atoms with Crippen molar-refractivity contribution in [1.82, 2.24) is 0 Å². The molecule has 0 aromatic heterocycles. The number of hydrogen-bond acceptors (Lipinski definition) is 1. The summed E-state index contributed by atoms with van der Waals surface area (Å²) < 4.78 is 0. The zero-order chi connectivity index (χ0) is 8.97. The van der Waals surface area contributed by atoms with Gasteiger partial charge in [0, 0.05) is 0 Å². The number of allylic oxidation sites excluding steroid dienone is 1. The highest BCUT2D eigenvalue weighted by molar-refractivity contribution is 6.62. The number of carbonyl (C=O) groups excluding carboxylic acids is 1. The fourth-order valence-corrected chi connectivity index (χ4v) is 0.901. The molecule has 1 aromatic carbocycles. The molecule has 0 saturated heterocycles. The number of hydrogen-bond donors (Lipinski definition) is 0. The first kappa shape index (κ1) is 8.79. The van der Waals surface area contributed by atoms with E-state index < -0.39 is 0 Å². The maximum absolute atomic E-state index is 10.9. The van der Waals surface area contributed by atoms with Gasteiger partial charge in [-0.2, -0.15) is 0 Å². The van der Waals surface area contributed by atoms with Gasteiger partial charge in [0.2, 0.25) is 0 Å². The summed E-state index contributed by atoms with van der Waals surface area (Å²) in [7, 11) is 1.58. The summed E-state index contributed by atoms with van der Waals surface area (Å²) in [5.41, 5.74) is 1.99. The van der Waals surface area contributed by atoms with Crippen LogP contribution in [0.1, 0.15) is 12.5 Å². The molecule has 0 saturated carbocycles. The molecule has 0 aliphatic carbocycles. The average Bonchev–Trinajstić information content (AvgIpc) is 2.06. The standard InChI is InChI=1S/C10H11BO/c1-8(10(11)12)7-9-5-3-2-4-6-9/h2-7H,11H2,1H3/b8-7+. The molecule has 0 aliphatic rings. The van der Waals surface area contributed by atoms with Crippen molar-refractivity contribution in [2.75, 3.05) is 0 Å². The summed E-state index contributed by atoms with van der Waals surface area (Å²) in [5, 5.41) is 0. The smallest absolute Gasteiger partial charge is 0.193 e. The van der Waals surface area contributed by atoms with Crippen molar-refractivity contribution in [3.05, 3.63) is 41.5 Å². The van der Waals surface area contributed by atoms with E-state index in [2.05, 4.69) is 0 Å². The van der Waals surface area contributed by atoms with Gasteiger partial charge in [-0.25, -0.2) is 0 Å². The van der Waals surface area contributed by atoms with Crippen LogP contribution in [-0.2, 0) is 4.79 Å². The first-order valence-corrected chi connectivity index (χ1v) is 3.94. The molecule has 0 heterocycles. The van der Waals surface area contributed by atoms with E-state index in [0.29, 0.717) is 0 Å². The van der Waals surface area contributed by atoms with Gasteiger partial charge in [0.25, 0.3) is 0 Å². The Morgan fingerprint density at radius 2 is 1.92 bits per heavy atom. The summed E-state index contributed by atoms with van der Waals surface area (Å²) in [6, 6.07) is 9.83. The van der Waals surface area contributed by atoms with Crippen LogP contribution in [-0.4, -0.2) is 13.5 Å². The molecule has 0 amide bonds. The fourth-order valence-electron chi connectivity index (χ4n) is 0.901. The average molecular weight is 158 g/mol. The summed E-state index contributed by atoms with van der Waals surface area (Å²) >= 11 is 0. The molecule has 0 radical (unpaired) electrons. The van der Waals surface area contributed by atoms with Crippen LogP contribution in [0.25, 0.3) is 6.08 Å². The second kappa shape index (κ2) is 3.91. The van der Waals surface area contributed by atoms with Crippen molar-refractivity contribution in [2.45, 2.75) is 6.92 Å². The third-order valence-electron chi connectivity index (χ3n) is 1.74. The van der Waals surface area contributed by atoms with Crippen molar-refractivity contribution in [3.63, 3.8) is 0 Å². The van der Waals surface area contributed by atoms with Crippen LogP contribution in [0, 0.1) is 0 Å². The molecule has 0 aliphatic heterocycles. The van der Waals surface area contributed by atoms with E-state index in [-0.39, 0.29) is 5.68 Å². The highest BCUT2D eigenvalue weighted by Gasteiger charge is 1.94. The van der Waals surface area contributed by atoms with E-state index in [9.17, 15) is 4.79 Å². The van der Waals surface area contributed by atoms with Gasteiger partial charge in [0.05, 0.1) is 0 Å². The number of carbonyl (C=O) groups is 1. The van der Waals surface area contributed by atoms with Gasteiger partial charge in [-0.3, -0.25) is 0 Å². The molecule has 0 atom stereocenters. The van der Waals surface area contributed by atoms with E-state index in [0.717, 1.165) is 11.1 Å². The summed E-state index contributed by atoms with van der Waals surface area (Å²) in [5.74, 6) is 0. The molecular weight excluding hydrogens is 147 g/mol. The Balaban J connectivity index is 2.89. The summed E-state index contributed by atoms with van der Waals surface area (Å²) in [6.45, 7) is 1.83. The van der Waals surface area contributed by atoms with Crippen LogP contribution in [0.4, 0.5) is 0 Å². The van der Waals surface area contributed by atoms with Crippen molar-refractivity contribution in [3.8, 4) is 0 Å². The third kappa shape index (κ3) is 2.38. The first-order chi connectivity index (χ1) is 5.70. The predicted molar refractivity (Wildman–Crippen MR) is 53.6 cm³/mol. The molecular formula is C10H11BO. The molecule has 0 spiro atoms. The first-order valence-electron chi connectivity index (χ1n) is 3.94. The number of rotatable bonds is 2. The Labute approximate surface area is 73.5 Å². The van der Waals surface area contributed by atoms with E-state index >= 15 is 0 Å². The molecule has 2 heteroatoms. The monoisotopic (exact) mass is 158 g/mol. The van der Waals surface area contributed by atoms with E-state index in [1.807, 2.05) is 43.3 Å². The molecule has 0 unspecified atom stereocenters. The van der Waals surface area contributed by atoms with Crippen molar-refractivity contribution in [1.29, 1.82) is 0 Å². The minimum Gasteiger partial charge on any atom is -0.307 e. The highest BCUT2D eigenvalue weighted by atomic mass is 16.1. The Morgan fingerprint density at radius 3 is 2.42 bits per heavy atom. The Kier molecular flexibility index (Phi) is 2.86. The van der Waals surface area contributed by atoms with Crippen LogP contribution in [0.3, 0.4) is 0 Å². The molecule has 0 fully saturated rings. The van der Waals surface area contributed by atoms with Crippen LogP contribution >= 0.6 is 0 Å². The SMILES string of the molecule is BC(=O)/C(C)=C/c1ccccc1. The third-order valence-corrected chi connectivity index (χ3v) is 1.74. The van der Waals surface area contributed by atoms with Crippen LogP contribution in [0.15, 0.2) is 35.9 Å². The van der Waals surface area contributed by atoms with Crippen molar-refractivity contribution >= 4 is 19.6 Å². The lowest BCUT2D eigenvalue weighted by atomic mass is 9.94. The highest BCUT2D eigenvalue weighted by Crippen LogP contribution is 2.05. The molecule has 60 valence electrons. The van der Waals surface area contributed by atoms with E-state index in [4.69, 9.17) is 0 Å². The quantitative estimate of drug-likeness (QED) is 0.467. The zero-order valence-corrected chi connectivity index (χ0v) is 7.37. The molecule has 12 heavy (non-hydrogen) atoms. The zero-order valence-electron chi connectivity index (χ0n) is 7.37. The van der Waals surface area contributed by atoms with Gasteiger partial charge in [-0.1, -0.05) is 30.3 Å². The van der Waals surface area contributed by atoms with Gasteiger partial charge in [0.15, 0.2) is 7.85 Å². The molecule has 1 nitrogen and oxygen atoms in total. The van der Waals surface area contributed by atoms with Gasteiger partial charge in [0.1, 0.15) is 5.68 Å². The van der Waals surface area contributed by atoms with Gasteiger partial charge >= 0.3 is 0 Å². The topological polar surface area (TPSA) is 17.1 Å². The second-order valence-electron chi connectivity index (χ2n) is 2.79. The maximum atomic E-state index is 10.9. The fraction of sp³-hybridized carbons (Fsp3) is 0.100.